The molecular formula is C15H24N2OS. The number of anilines is 1. The second-order valence-electron chi connectivity index (χ2n) is 4.76. The summed E-state index contributed by atoms with van der Waals surface area (Å²) in [7, 11) is 0. The number of thioether (sulfide) groups is 1. The fraction of sp³-hybridized carbons (Fsp3) is 0.533. The molecule has 3 nitrogen and oxygen atoms in total. The van der Waals surface area contributed by atoms with E-state index in [0.717, 1.165) is 17.2 Å². The van der Waals surface area contributed by atoms with Crippen molar-refractivity contribution < 1.29 is 4.79 Å². The molecule has 0 aromatic heterocycles. The van der Waals surface area contributed by atoms with Crippen LogP contribution in [0.5, 0.6) is 0 Å². The van der Waals surface area contributed by atoms with Crippen LogP contribution >= 0.6 is 11.8 Å². The Balaban J connectivity index is 2.60. The summed E-state index contributed by atoms with van der Waals surface area (Å²) < 4.78 is 0. The van der Waals surface area contributed by atoms with Crippen LogP contribution in [0.25, 0.3) is 0 Å². The number of carbonyl (C=O) groups is 1. The van der Waals surface area contributed by atoms with Crippen molar-refractivity contribution in [1.29, 1.82) is 0 Å². The lowest BCUT2D eigenvalue weighted by atomic mass is 10.1. The van der Waals surface area contributed by atoms with Gasteiger partial charge in [0.1, 0.15) is 0 Å². The van der Waals surface area contributed by atoms with E-state index in [2.05, 4.69) is 37.5 Å². The van der Waals surface area contributed by atoms with Crippen molar-refractivity contribution in [3.05, 3.63) is 29.8 Å². The van der Waals surface area contributed by atoms with E-state index in [4.69, 9.17) is 0 Å². The predicted molar refractivity (Wildman–Crippen MR) is 84.8 cm³/mol. The molecule has 1 aromatic carbocycles. The number of rotatable bonds is 7. The number of nitrogens with one attached hydrogen (secondary N) is 2. The lowest BCUT2D eigenvalue weighted by Crippen LogP contribution is -2.31. The van der Waals surface area contributed by atoms with Gasteiger partial charge < -0.3 is 10.6 Å². The summed E-state index contributed by atoms with van der Waals surface area (Å²) in [6, 6.07) is 8.75. The van der Waals surface area contributed by atoms with Crippen molar-refractivity contribution in [1.82, 2.24) is 5.32 Å². The molecule has 0 aliphatic carbocycles. The number of amides is 1. The third-order valence-electron chi connectivity index (χ3n) is 2.81. The highest BCUT2D eigenvalue weighted by molar-refractivity contribution is 7.99. The summed E-state index contributed by atoms with van der Waals surface area (Å²) >= 11 is 1.95. The summed E-state index contributed by atoms with van der Waals surface area (Å²) in [5.74, 6) is 2.23. The predicted octanol–water partition coefficient (Wildman–Crippen LogP) is 3.44. The third kappa shape index (κ3) is 6.12. The van der Waals surface area contributed by atoms with E-state index < -0.39 is 0 Å². The Kier molecular flexibility index (Phi) is 6.95. The molecule has 0 heterocycles. The van der Waals surface area contributed by atoms with Gasteiger partial charge in [0.15, 0.2) is 0 Å². The number of carbonyl (C=O) groups excluding carboxylic acids is 1. The molecule has 0 fully saturated rings. The first-order chi connectivity index (χ1) is 9.02. The van der Waals surface area contributed by atoms with E-state index in [9.17, 15) is 4.79 Å². The van der Waals surface area contributed by atoms with Gasteiger partial charge >= 0.3 is 0 Å². The average Bonchev–Trinajstić information content (AvgIpc) is 2.35. The Morgan fingerprint density at radius 1 is 1.37 bits per heavy atom. The van der Waals surface area contributed by atoms with Crippen LogP contribution in [-0.2, 0) is 4.79 Å². The molecule has 0 aliphatic rings. The Morgan fingerprint density at radius 3 is 2.74 bits per heavy atom. The molecule has 0 spiro atoms. The molecule has 2 N–H and O–H groups in total. The second kappa shape index (κ2) is 8.23. The highest BCUT2D eigenvalue weighted by Gasteiger charge is 2.10. The van der Waals surface area contributed by atoms with E-state index in [1.165, 1.54) is 12.5 Å². The normalized spacial score (nSPS) is 13.9. The Morgan fingerprint density at radius 2 is 2.11 bits per heavy atom. The highest BCUT2D eigenvalue weighted by Crippen LogP contribution is 2.18. The molecule has 0 saturated heterocycles. The summed E-state index contributed by atoms with van der Waals surface area (Å²) in [6.45, 7) is 8.06. The SMILES string of the molecule is CCSCC(C)NC(C)c1cccc(NC(C)=O)c1. The fourth-order valence-electron chi connectivity index (χ4n) is 1.95. The van der Waals surface area contributed by atoms with E-state index in [-0.39, 0.29) is 11.9 Å². The molecule has 19 heavy (non-hydrogen) atoms. The van der Waals surface area contributed by atoms with Crippen LogP contribution in [0.1, 0.15) is 39.3 Å². The maximum atomic E-state index is 11.1. The maximum absolute atomic E-state index is 11.1. The van der Waals surface area contributed by atoms with Crippen LogP contribution in [0, 0.1) is 0 Å². The molecule has 0 bridgehead atoms. The summed E-state index contributed by atoms with van der Waals surface area (Å²) in [5, 5.41) is 6.39. The topological polar surface area (TPSA) is 41.1 Å². The van der Waals surface area contributed by atoms with Gasteiger partial charge in [-0.3, -0.25) is 4.79 Å². The van der Waals surface area contributed by atoms with Gasteiger partial charge in [-0.2, -0.15) is 11.8 Å². The van der Waals surface area contributed by atoms with Crippen molar-refractivity contribution in [2.75, 3.05) is 16.8 Å². The lowest BCUT2D eigenvalue weighted by Gasteiger charge is -2.20. The zero-order valence-corrected chi connectivity index (χ0v) is 13.0. The minimum Gasteiger partial charge on any atom is -0.326 e. The first-order valence-electron chi connectivity index (χ1n) is 6.74. The molecule has 106 valence electrons. The zero-order valence-electron chi connectivity index (χ0n) is 12.2. The molecule has 0 saturated carbocycles. The molecule has 0 radical (unpaired) electrons. The lowest BCUT2D eigenvalue weighted by molar-refractivity contribution is -0.114. The maximum Gasteiger partial charge on any atom is 0.221 e. The largest absolute Gasteiger partial charge is 0.326 e. The first kappa shape index (κ1) is 16.1. The van der Waals surface area contributed by atoms with Gasteiger partial charge in [-0.1, -0.05) is 19.1 Å². The van der Waals surface area contributed by atoms with Crippen molar-refractivity contribution in [3.8, 4) is 0 Å². The van der Waals surface area contributed by atoms with Gasteiger partial charge in [-0.25, -0.2) is 0 Å². The Labute approximate surface area is 120 Å². The van der Waals surface area contributed by atoms with Crippen molar-refractivity contribution in [3.63, 3.8) is 0 Å². The minimum absolute atomic E-state index is 0.0366. The average molecular weight is 280 g/mol. The van der Waals surface area contributed by atoms with E-state index in [0.29, 0.717) is 6.04 Å². The van der Waals surface area contributed by atoms with Crippen molar-refractivity contribution in [2.45, 2.75) is 39.8 Å². The minimum atomic E-state index is -0.0366. The van der Waals surface area contributed by atoms with Crippen molar-refractivity contribution >= 4 is 23.4 Å². The fourth-order valence-corrected chi connectivity index (χ4v) is 2.64. The van der Waals surface area contributed by atoms with Crippen LogP contribution in [0.4, 0.5) is 5.69 Å². The number of benzene rings is 1. The summed E-state index contributed by atoms with van der Waals surface area (Å²) in [4.78, 5) is 11.1. The van der Waals surface area contributed by atoms with E-state index >= 15 is 0 Å². The second-order valence-corrected chi connectivity index (χ2v) is 6.07. The van der Waals surface area contributed by atoms with Gasteiger partial charge in [-0.05, 0) is 37.3 Å². The van der Waals surface area contributed by atoms with Gasteiger partial charge in [0, 0.05) is 30.4 Å². The highest BCUT2D eigenvalue weighted by atomic mass is 32.2. The number of hydrogen-bond donors (Lipinski definition) is 2. The summed E-state index contributed by atoms with van der Waals surface area (Å²) in [5.41, 5.74) is 2.05. The van der Waals surface area contributed by atoms with E-state index in [1.807, 2.05) is 30.0 Å². The first-order valence-corrected chi connectivity index (χ1v) is 7.89. The monoisotopic (exact) mass is 280 g/mol. The Bertz CT molecular complexity index is 409. The Hall–Kier alpha value is -1.00. The van der Waals surface area contributed by atoms with Gasteiger partial charge in [0.05, 0.1) is 0 Å². The van der Waals surface area contributed by atoms with Crippen molar-refractivity contribution in [2.24, 2.45) is 0 Å². The molecule has 2 unspecified atom stereocenters. The van der Waals surface area contributed by atoms with Crippen LogP contribution in [0.2, 0.25) is 0 Å². The summed E-state index contributed by atoms with van der Waals surface area (Å²) in [6.07, 6.45) is 0. The molecule has 4 heteroatoms. The van der Waals surface area contributed by atoms with Gasteiger partial charge in [0.2, 0.25) is 5.91 Å². The van der Waals surface area contributed by atoms with Gasteiger partial charge in [-0.15, -0.1) is 0 Å². The zero-order chi connectivity index (χ0) is 14.3. The quantitative estimate of drug-likeness (QED) is 0.804. The smallest absolute Gasteiger partial charge is 0.221 e. The molecule has 2 atom stereocenters. The van der Waals surface area contributed by atoms with Crippen LogP contribution in [0.3, 0.4) is 0 Å². The van der Waals surface area contributed by atoms with Crippen LogP contribution in [0.15, 0.2) is 24.3 Å². The molecule has 1 aromatic rings. The molecule has 0 aliphatic heterocycles. The molecular weight excluding hydrogens is 256 g/mol. The standard InChI is InChI=1S/C15H24N2OS/c1-5-19-10-11(2)16-12(3)14-7-6-8-15(9-14)17-13(4)18/h6-9,11-12,16H,5,10H2,1-4H3,(H,17,18). The van der Waals surface area contributed by atoms with Crippen LogP contribution in [-0.4, -0.2) is 23.5 Å². The molecule has 1 amide bonds. The van der Waals surface area contributed by atoms with E-state index in [1.54, 1.807) is 0 Å². The number of hydrogen-bond acceptors (Lipinski definition) is 3. The van der Waals surface area contributed by atoms with Crippen LogP contribution < -0.4 is 10.6 Å². The van der Waals surface area contributed by atoms with Gasteiger partial charge in [0.25, 0.3) is 0 Å². The molecule has 1 rings (SSSR count). The third-order valence-corrected chi connectivity index (χ3v) is 3.96.